The van der Waals surface area contributed by atoms with Gasteiger partial charge < -0.3 is 5.73 Å². The van der Waals surface area contributed by atoms with Crippen LogP contribution in [0.5, 0.6) is 0 Å². The predicted molar refractivity (Wildman–Crippen MR) is 68.5 cm³/mol. The molecule has 1 aliphatic carbocycles. The molecular formula is C14H14FN3. The summed E-state index contributed by atoms with van der Waals surface area (Å²) in [5.41, 5.74) is 9.14. The Kier molecular flexibility index (Phi) is 2.70. The molecular weight excluding hydrogens is 229 g/mol. The van der Waals surface area contributed by atoms with E-state index in [0.717, 1.165) is 36.8 Å². The summed E-state index contributed by atoms with van der Waals surface area (Å²) in [4.78, 5) is 0. The van der Waals surface area contributed by atoms with Gasteiger partial charge in [-0.05, 0) is 43.4 Å². The molecule has 0 bridgehead atoms. The van der Waals surface area contributed by atoms with Gasteiger partial charge in [-0.3, -0.25) is 0 Å². The van der Waals surface area contributed by atoms with Gasteiger partial charge in [-0.1, -0.05) is 12.1 Å². The molecule has 0 spiro atoms. The molecule has 18 heavy (non-hydrogen) atoms. The van der Waals surface area contributed by atoms with Gasteiger partial charge in [0.2, 0.25) is 0 Å². The number of benzene rings is 1. The van der Waals surface area contributed by atoms with Gasteiger partial charge in [-0.15, -0.1) is 10.2 Å². The van der Waals surface area contributed by atoms with Gasteiger partial charge in [-0.2, -0.15) is 0 Å². The van der Waals surface area contributed by atoms with Crippen molar-refractivity contribution in [3.63, 3.8) is 0 Å². The fraction of sp³-hybridized carbons (Fsp3) is 0.286. The van der Waals surface area contributed by atoms with Gasteiger partial charge in [0.1, 0.15) is 11.6 Å². The number of nitrogens with zero attached hydrogens (tertiary/aromatic N) is 2. The highest BCUT2D eigenvalue weighted by atomic mass is 19.1. The predicted octanol–water partition coefficient (Wildman–Crippen LogP) is 2.74. The zero-order valence-electron chi connectivity index (χ0n) is 9.99. The van der Waals surface area contributed by atoms with Gasteiger partial charge in [-0.25, -0.2) is 4.39 Å². The molecule has 92 valence electrons. The van der Waals surface area contributed by atoms with Crippen LogP contribution in [0.15, 0.2) is 24.3 Å². The second kappa shape index (κ2) is 4.37. The third kappa shape index (κ3) is 1.74. The number of anilines is 1. The Hall–Kier alpha value is -1.97. The number of nitrogen functional groups attached to an aromatic ring is 1. The van der Waals surface area contributed by atoms with Crippen LogP contribution in [0.4, 0.5) is 10.2 Å². The fourth-order valence-corrected chi connectivity index (χ4v) is 2.54. The summed E-state index contributed by atoms with van der Waals surface area (Å²) in [5, 5.41) is 8.08. The van der Waals surface area contributed by atoms with Crippen molar-refractivity contribution >= 4 is 5.82 Å². The largest absolute Gasteiger partial charge is 0.382 e. The van der Waals surface area contributed by atoms with E-state index in [1.54, 1.807) is 12.1 Å². The van der Waals surface area contributed by atoms with Crippen molar-refractivity contribution in [2.24, 2.45) is 0 Å². The smallest absolute Gasteiger partial charge is 0.149 e. The second-order valence-corrected chi connectivity index (χ2v) is 4.58. The van der Waals surface area contributed by atoms with Crippen LogP contribution < -0.4 is 5.73 Å². The molecule has 1 aromatic heterocycles. The number of aromatic nitrogens is 2. The zero-order chi connectivity index (χ0) is 12.5. The molecule has 0 unspecified atom stereocenters. The molecule has 2 N–H and O–H groups in total. The Morgan fingerprint density at radius 1 is 1.00 bits per heavy atom. The lowest BCUT2D eigenvalue weighted by atomic mass is 9.89. The van der Waals surface area contributed by atoms with Gasteiger partial charge in [0.25, 0.3) is 0 Å². The minimum Gasteiger partial charge on any atom is -0.382 e. The van der Waals surface area contributed by atoms with E-state index in [1.165, 1.54) is 6.07 Å². The highest BCUT2D eigenvalue weighted by Crippen LogP contribution is 2.32. The number of fused-ring (bicyclic) bond motifs is 1. The average molecular weight is 243 g/mol. The van der Waals surface area contributed by atoms with Crippen molar-refractivity contribution in [1.29, 1.82) is 0 Å². The number of hydrogen-bond acceptors (Lipinski definition) is 3. The van der Waals surface area contributed by atoms with Crippen molar-refractivity contribution < 1.29 is 4.39 Å². The third-order valence-corrected chi connectivity index (χ3v) is 3.45. The van der Waals surface area contributed by atoms with Gasteiger partial charge in [0.15, 0.2) is 0 Å². The molecule has 0 radical (unpaired) electrons. The Morgan fingerprint density at radius 3 is 2.50 bits per heavy atom. The minimum absolute atomic E-state index is 0.260. The standard InChI is InChI=1S/C14H14FN3/c15-12-8-4-3-7-11(12)13-9-5-1-2-6-10(9)14(16)18-17-13/h3-4,7-8H,1-2,5-6H2,(H2,16,18). The molecule has 3 nitrogen and oxygen atoms in total. The van der Waals surface area contributed by atoms with Crippen LogP contribution in [0.3, 0.4) is 0 Å². The summed E-state index contributed by atoms with van der Waals surface area (Å²) in [6.07, 6.45) is 4.02. The Bertz CT molecular complexity index is 596. The molecule has 0 aliphatic heterocycles. The first-order chi connectivity index (χ1) is 8.77. The number of rotatable bonds is 1. The summed E-state index contributed by atoms with van der Waals surface area (Å²) in [5.74, 6) is 0.231. The molecule has 4 heteroatoms. The summed E-state index contributed by atoms with van der Waals surface area (Å²) < 4.78 is 13.8. The summed E-state index contributed by atoms with van der Waals surface area (Å²) >= 11 is 0. The summed E-state index contributed by atoms with van der Waals surface area (Å²) in [7, 11) is 0. The van der Waals surface area contributed by atoms with Crippen LogP contribution in [0.2, 0.25) is 0 Å². The molecule has 0 fully saturated rings. The van der Waals surface area contributed by atoms with E-state index in [-0.39, 0.29) is 5.82 Å². The van der Waals surface area contributed by atoms with Crippen LogP contribution in [0.1, 0.15) is 24.0 Å². The van der Waals surface area contributed by atoms with E-state index in [9.17, 15) is 4.39 Å². The van der Waals surface area contributed by atoms with E-state index in [0.29, 0.717) is 17.1 Å². The van der Waals surface area contributed by atoms with E-state index in [4.69, 9.17) is 5.73 Å². The van der Waals surface area contributed by atoms with Crippen molar-refractivity contribution in [2.75, 3.05) is 5.73 Å². The molecule has 1 aliphatic rings. The number of hydrogen-bond donors (Lipinski definition) is 1. The molecule has 3 rings (SSSR count). The average Bonchev–Trinajstić information content (AvgIpc) is 2.41. The fourth-order valence-electron chi connectivity index (χ4n) is 2.54. The van der Waals surface area contributed by atoms with E-state index in [1.807, 2.05) is 6.07 Å². The van der Waals surface area contributed by atoms with Crippen molar-refractivity contribution in [1.82, 2.24) is 10.2 Å². The lowest BCUT2D eigenvalue weighted by Gasteiger charge is -2.19. The first-order valence-corrected chi connectivity index (χ1v) is 6.16. The maximum Gasteiger partial charge on any atom is 0.149 e. The van der Waals surface area contributed by atoms with E-state index < -0.39 is 0 Å². The van der Waals surface area contributed by atoms with Crippen molar-refractivity contribution in [3.8, 4) is 11.3 Å². The Labute approximate surface area is 105 Å². The lowest BCUT2D eigenvalue weighted by Crippen LogP contribution is -2.12. The highest BCUT2D eigenvalue weighted by molar-refractivity contribution is 5.67. The van der Waals surface area contributed by atoms with E-state index in [2.05, 4.69) is 10.2 Å². The molecule has 0 amide bonds. The number of nitrogens with two attached hydrogens (primary N) is 1. The van der Waals surface area contributed by atoms with Crippen LogP contribution in [0, 0.1) is 5.82 Å². The molecule has 1 heterocycles. The summed E-state index contributed by atoms with van der Waals surface area (Å²) in [6, 6.07) is 6.68. The topological polar surface area (TPSA) is 51.8 Å². The highest BCUT2D eigenvalue weighted by Gasteiger charge is 2.20. The molecule has 1 aromatic carbocycles. The second-order valence-electron chi connectivity index (χ2n) is 4.58. The molecule has 0 saturated carbocycles. The maximum absolute atomic E-state index is 13.8. The Balaban J connectivity index is 2.22. The van der Waals surface area contributed by atoms with E-state index >= 15 is 0 Å². The SMILES string of the molecule is Nc1nnc(-c2ccccc2F)c2c1CCCC2. The first kappa shape index (κ1) is 11.1. The lowest BCUT2D eigenvalue weighted by molar-refractivity contribution is 0.628. The Morgan fingerprint density at radius 2 is 1.72 bits per heavy atom. The normalized spacial score (nSPS) is 14.3. The summed E-state index contributed by atoms with van der Waals surface area (Å²) in [6.45, 7) is 0. The van der Waals surface area contributed by atoms with Gasteiger partial charge >= 0.3 is 0 Å². The van der Waals surface area contributed by atoms with Crippen LogP contribution >= 0.6 is 0 Å². The molecule has 0 saturated heterocycles. The van der Waals surface area contributed by atoms with Crippen LogP contribution in [-0.4, -0.2) is 10.2 Å². The zero-order valence-corrected chi connectivity index (χ0v) is 9.99. The quantitative estimate of drug-likeness (QED) is 0.837. The third-order valence-electron chi connectivity index (χ3n) is 3.45. The monoisotopic (exact) mass is 243 g/mol. The van der Waals surface area contributed by atoms with Crippen molar-refractivity contribution in [2.45, 2.75) is 25.7 Å². The minimum atomic E-state index is -0.260. The maximum atomic E-state index is 13.8. The first-order valence-electron chi connectivity index (χ1n) is 6.16. The number of halogens is 1. The van der Waals surface area contributed by atoms with Gasteiger partial charge in [0, 0.05) is 11.1 Å². The molecule has 0 atom stereocenters. The van der Waals surface area contributed by atoms with Crippen molar-refractivity contribution in [3.05, 3.63) is 41.2 Å². The van der Waals surface area contributed by atoms with Gasteiger partial charge in [0.05, 0.1) is 5.69 Å². The van der Waals surface area contributed by atoms with Crippen LogP contribution in [-0.2, 0) is 12.8 Å². The molecule has 2 aromatic rings. The van der Waals surface area contributed by atoms with Crippen LogP contribution in [0.25, 0.3) is 11.3 Å².